The maximum Gasteiger partial charge on any atom is 0.241 e. The molecule has 3 amide bonds. The number of rotatable bonds is 4. The molecule has 3 rings (SSSR count). The third kappa shape index (κ3) is 3.10. The molecule has 3 aliphatic rings. The Balaban J connectivity index is 1.60. The van der Waals surface area contributed by atoms with Crippen molar-refractivity contribution in [3.63, 3.8) is 0 Å². The van der Waals surface area contributed by atoms with E-state index >= 15 is 0 Å². The molecule has 0 aromatic rings. The van der Waals surface area contributed by atoms with Crippen molar-refractivity contribution in [1.29, 1.82) is 0 Å². The second-order valence-corrected chi connectivity index (χ2v) is 7.05. The van der Waals surface area contributed by atoms with Crippen molar-refractivity contribution in [3.05, 3.63) is 0 Å². The van der Waals surface area contributed by atoms with Crippen LogP contribution in [0, 0.1) is 11.3 Å². The van der Waals surface area contributed by atoms with Gasteiger partial charge in [-0.2, -0.15) is 0 Å². The fourth-order valence-corrected chi connectivity index (χ4v) is 3.71. The summed E-state index contributed by atoms with van der Waals surface area (Å²) < 4.78 is 0. The normalized spacial score (nSPS) is 28.3. The highest BCUT2D eigenvalue weighted by Crippen LogP contribution is 2.42. The highest BCUT2D eigenvalue weighted by atomic mass is 16.2. The first kappa shape index (κ1) is 15.3. The number of hydrogen-bond donors (Lipinski definition) is 1. The lowest BCUT2D eigenvalue weighted by Crippen LogP contribution is -2.52. The Morgan fingerprint density at radius 3 is 2.73 bits per heavy atom. The summed E-state index contributed by atoms with van der Waals surface area (Å²) in [6.07, 6.45) is 5.12. The van der Waals surface area contributed by atoms with Gasteiger partial charge in [-0.3, -0.25) is 14.4 Å². The molecule has 1 aliphatic carbocycles. The molecule has 2 saturated heterocycles. The molecule has 0 bridgehead atoms. The highest BCUT2D eigenvalue weighted by molar-refractivity contribution is 5.87. The Kier molecular flexibility index (Phi) is 4.10. The van der Waals surface area contributed by atoms with Crippen LogP contribution in [0.5, 0.6) is 0 Å². The van der Waals surface area contributed by atoms with Gasteiger partial charge in [0.1, 0.15) is 0 Å². The summed E-state index contributed by atoms with van der Waals surface area (Å²) in [5, 5.41) is 2.55. The molecule has 0 unspecified atom stereocenters. The molecule has 1 N–H and O–H groups in total. The zero-order chi connectivity index (χ0) is 15.7. The fraction of sp³-hybridized carbons (Fsp3) is 0.812. The van der Waals surface area contributed by atoms with E-state index in [9.17, 15) is 14.4 Å². The summed E-state index contributed by atoms with van der Waals surface area (Å²) in [6, 6.07) is 0. The van der Waals surface area contributed by atoms with E-state index in [1.165, 1.54) is 19.8 Å². The Labute approximate surface area is 131 Å². The molecule has 6 heteroatoms. The van der Waals surface area contributed by atoms with Crippen molar-refractivity contribution in [2.75, 3.05) is 32.7 Å². The van der Waals surface area contributed by atoms with Crippen LogP contribution in [0.1, 0.15) is 39.0 Å². The van der Waals surface area contributed by atoms with Gasteiger partial charge in [0.15, 0.2) is 0 Å². The highest BCUT2D eigenvalue weighted by Gasteiger charge is 2.50. The van der Waals surface area contributed by atoms with Crippen molar-refractivity contribution in [3.8, 4) is 0 Å². The minimum Gasteiger partial charge on any atom is -0.347 e. The summed E-state index contributed by atoms with van der Waals surface area (Å²) in [5.74, 6) is 0.673. The van der Waals surface area contributed by atoms with Gasteiger partial charge in [-0.15, -0.1) is 0 Å². The predicted molar refractivity (Wildman–Crippen MR) is 80.9 cm³/mol. The summed E-state index contributed by atoms with van der Waals surface area (Å²) in [6.45, 7) is 4.39. The molecule has 0 radical (unpaired) electrons. The number of nitrogens with one attached hydrogen (secondary N) is 1. The molecule has 0 aromatic heterocycles. The number of piperidine rings is 1. The standard InChI is InChI=1S/C16H25N3O3/c1-12(20)17-9-14(21)19-7-2-5-16(11-19)6-8-18(15(16)22)10-13-3-4-13/h13H,2-11H2,1H3,(H,17,20)/t16-/m0/s1. The van der Waals surface area contributed by atoms with Crippen molar-refractivity contribution in [1.82, 2.24) is 15.1 Å². The molecule has 2 aliphatic heterocycles. The average Bonchev–Trinajstić information content (AvgIpc) is 3.27. The maximum absolute atomic E-state index is 12.8. The molecular formula is C16H25N3O3. The van der Waals surface area contributed by atoms with E-state index in [4.69, 9.17) is 0 Å². The first-order chi connectivity index (χ1) is 10.5. The van der Waals surface area contributed by atoms with E-state index in [0.717, 1.165) is 32.4 Å². The Hall–Kier alpha value is -1.59. The average molecular weight is 307 g/mol. The van der Waals surface area contributed by atoms with Crippen LogP contribution in [0.2, 0.25) is 0 Å². The number of amides is 3. The summed E-state index contributed by atoms with van der Waals surface area (Å²) in [4.78, 5) is 39.7. The Morgan fingerprint density at radius 1 is 1.27 bits per heavy atom. The van der Waals surface area contributed by atoms with Crippen molar-refractivity contribution in [2.24, 2.45) is 11.3 Å². The molecular weight excluding hydrogens is 282 g/mol. The minimum atomic E-state index is -0.362. The van der Waals surface area contributed by atoms with E-state index in [2.05, 4.69) is 5.32 Å². The summed E-state index contributed by atoms with van der Waals surface area (Å²) in [5.41, 5.74) is -0.362. The van der Waals surface area contributed by atoms with Gasteiger partial charge in [0.25, 0.3) is 0 Å². The van der Waals surface area contributed by atoms with Gasteiger partial charge < -0.3 is 15.1 Å². The van der Waals surface area contributed by atoms with Crippen LogP contribution < -0.4 is 5.32 Å². The van der Waals surface area contributed by atoms with Gasteiger partial charge in [0.05, 0.1) is 12.0 Å². The van der Waals surface area contributed by atoms with Crippen LogP contribution in [0.25, 0.3) is 0 Å². The minimum absolute atomic E-state index is 0.0331. The number of nitrogens with zero attached hydrogens (tertiary/aromatic N) is 2. The zero-order valence-corrected chi connectivity index (χ0v) is 13.3. The van der Waals surface area contributed by atoms with E-state index in [1.54, 1.807) is 4.90 Å². The fourth-order valence-electron chi connectivity index (χ4n) is 3.71. The largest absolute Gasteiger partial charge is 0.347 e. The van der Waals surface area contributed by atoms with E-state index in [-0.39, 0.29) is 29.7 Å². The van der Waals surface area contributed by atoms with Gasteiger partial charge in [-0.1, -0.05) is 0 Å². The number of carbonyl (C=O) groups excluding carboxylic acids is 3. The molecule has 2 heterocycles. The van der Waals surface area contributed by atoms with Crippen LogP contribution in [0.4, 0.5) is 0 Å². The van der Waals surface area contributed by atoms with Gasteiger partial charge in [0.2, 0.25) is 17.7 Å². The van der Waals surface area contributed by atoms with Crippen LogP contribution in [-0.2, 0) is 14.4 Å². The lowest BCUT2D eigenvalue weighted by atomic mass is 9.78. The Morgan fingerprint density at radius 2 is 2.05 bits per heavy atom. The van der Waals surface area contributed by atoms with Crippen molar-refractivity contribution < 1.29 is 14.4 Å². The molecule has 1 saturated carbocycles. The van der Waals surface area contributed by atoms with Gasteiger partial charge >= 0.3 is 0 Å². The second-order valence-electron chi connectivity index (χ2n) is 7.05. The lowest BCUT2D eigenvalue weighted by molar-refractivity contribution is -0.143. The van der Waals surface area contributed by atoms with Crippen LogP contribution >= 0.6 is 0 Å². The predicted octanol–water partition coefficient (Wildman–Crippen LogP) is 0.374. The quantitative estimate of drug-likeness (QED) is 0.816. The topological polar surface area (TPSA) is 69.7 Å². The number of likely N-dealkylation sites (tertiary alicyclic amines) is 2. The Bertz CT molecular complexity index is 489. The first-order valence-corrected chi connectivity index (χ1v) is 8.32. The smallest absolute Gasteiger partial charge is 0.241 e. The molecule has 122 valence electrons. The molecule has 0 aromatic carbocycles. The summed E-state index contributed by atoms with van der Waals surface area (Å²) >= 11 is 0. The zero-order valence-electron chi connectivity index (χ0n) is 13.3. The summed E-state index contributed by atoms with van der Waals surface area (Å²) in [7, 11) is 0. The van der Waals surface area contributed by atoms with Gasteiger partial charge in [0, 0.05) is 33.1 Å². The molecule has 1 spiro atoms. The van der Waals surface area contributed by atoms with Crippen LogP contribution in [0.3, 0.4) is 0 Å². The molecule has 3 fully saturated rings. The van der Waals surface area contributed by atoms with E-state index in [1.807, 2.05) is 4.90 Å². The van der Waals surface area contributed by atoms with Gasteiger partial charge in [-0.25, -0.2) is 0 Å². The molecule has 6 nitrogen and oxygen atoms in total. The van der Waals surface area contributed by atoms with Crippen molar-refractivity contribution in [2.45, 2.75) is 39.0 Å². The van der Waals surface area contributed by atoms with Crippen LogP contribution in [-0.4, -0.2) is 60.2 Å². The first-order valence-electron chi connectivity index (χ1n) is 8.32. The third-order valence-electron chi connectivity index (χ3n) is 5.19. The van der Waals surface area contributed by atoms with E-state index in [0.29, 0.717) is 19.0 Å². The van der Waals surface area contributed by atoms with Gasteiger partial charge in [-0.05, 0) is 38.0 Å². The van der Waals surface area contributed by atoms with Crippen molar-refractivity contribution >= 4 is 17.7 Å². The number of carbonyl (C=O) groups is 3. The second kappa shape index (κ2) is 5.89. The lowest BCUT2D eigenvalue weighted by Gasteiger charge is -2.39. The maximum atomic E-state index is 12.8. The number of hydrogen-bond acceptors (Lipinski definition) is 3. The SMILES string of the molecule is CC(=O)NCC(=O)N1CCC[C@]2(CCN(CC3CC3)C2=O)C1. The van der Waals surface area contributed by atoms with E-state index < -0.39 is 0 Å². The molecule has 22 heavy (non-hydrogen) atoms. The van der Waals surface area contributed by atoms with Crippen LogP contribution in [0.15, 0.2) is 0 Å². The monoisotopic (exact) mass is 307 g/mol. The third-order valence-corrected chi connectivity index (χ3v) is 5.19. The molecule has 1 atom stereocenters.